The Morgan fingerprint density at radius 2 is 1.89 bits per heavy atom. The predicted molar refractivity (Wildman–Crippen MR) is 69.9 cm³/mol. The second kappa shape index (κ2) is 5.64. The van der Waals surface area contributed by atoms with Gasteiger partial charge in [-0.3, -0.25) is 0 Å². The number of rotatable bonds is 4. The van der Waals surface area contributed by atoms with E-state index in [-0.39, 0.29) is 0 Å². The van der Waals surface area contributed by atoms with Crippen molar-refractivity contribution >= 4 is 0 Å². The van der Waals surface area contributed by atoms with Crippen molar-refractivity contribution in [1.29, 1.82) is 0 Å². The molecule has 2 aromatic heterocycles. The molecule has 5 nitrogen and oxygen atoms in total. The lowest BCUT2D eigenvalue weighted by Gasteiger charge is -2.10. The molecular formula is C13H17N5. The average Bonchev–Trinajstić information content (AvgIpc) is 2.39. The van der Waals surface area contributed by atoms with Crippen LogP contribution in [0.1, 0.15) is 23.9 Å². The Kier molecular flexibility index (Phi) is 3.94. The van der Waals surface area contributed by atoms with Gasteiger partial charge in [-0.2, -0.15) is 0 Å². The molecule has 0 aromatic carbocycles. The van der Waals surface area contributed by atoms with Gasteiger partial charge in [-0.1, -0.05) is 6.92 Å². The van der Waals surface area contributed by atoms with Crippen molar-refractivity contribution in [3.63, 3.8) is 0 Å². The Morgan fingerprint density at radius 1 is 1.17 bits per heavy atom. The number of hydrogen-bond acceptors (Lipinski definition) is 5. The van der Waals surface area contributed by atoms with Crippen molar-refractivity contribution in [2.24, 2.45) is 0 Å². The Balaban J connectivity index is 2.36. The lowest BCUT2D eigenvalue weighted by Crippen LogP contribution is -2.15. The van der Waals surface area contributed by atoms with Crippen LogP contribution in [0.3, 0.4) is 0 Å². The summed E-state index contributed by atoms with van der Waals surface area (Å²) in [6.45, 7) is 7.84. The Labute approximate surface area is 107 Å². The number of aromatic nitrogens is 4. The fraction of sp³-hybridized carbons (Fsp3) is 0.385. The van der Waals surface area contributed by atoms with Gasteiger partial charge in [0.2, 0.25) is 0 Å². The van der Waals surface area contributed by atoms with Gasteiger partial charge < -0.3 is 5.32 Å². The van der Waals surface area contributed by atoms with Gasteiger partial charge >= 0.3 is 0 Å². The van der Waals surface area contributed by atoms with Crippen molar-refractivity contribution in [3.8, 4) is 11.5 Å². The third-order valence-corrected chi connectivity index (χ3v) is 2.78. The third kappa shape index (κ3) is 2.68. The summed E-state index contributed by atoms with van der Waals surface area (Å²) in [6, 6.07) is 1.82. The van der Waals surface area contributed by atoms with E-state index in [1.54, 1.807) is 6.20 Å². The molecule has 0 spiro atoms. The topological polar surface area (TPSA) is 63.6 Å². The van der Waals surface area contributed by atoms with Crippen molar-refractivity contribution in [1.82, 2.24) is 25.3 Å². The predicted octanol–water partition coefficient (Wildman–Crippen LogP) is 1.66. The van der Waals surface area contributed by atoms with Crippen LogP contribution < -0.4 is 5.32 Å². The lowest BCUT2D eigenvalue weighted by atomic mass is 10.1. The monoisotopic (exact) mass is 243 g/mol. The van der Waals surface area contributed by atoms with Gasteiger partial charge in [-0.25, -0.2) is 19.9 Å². The lowest BCUT2D eigenvalue weighted by molar-refractivity contribution is 0.711. The summed E-state index contributed by atoms with van der Waals surface area (Å²) in [5.74, 6) is 0.660. The molecule has 0 saturated carbocycles. The number of nitrogens with zero attached hydrogens (tertiary/aromatic N) is 4. The molecule has 1 N–H and O–H groups in total. The molecule has 2 heterocycles. The normalized spacial score (nSPS) is 10.6. The van der Waals surface area contributed by atoms with Crippen molar-refractivity contribution in [2.45, 2.75) is 27.3 Å². The van der Waals surface area contributed by atoms with Gasteiger partial charge in [0.05, 0.1) is 0 Å². The molecule has 18 heavy (non-hydrogen) atoms. The summed E-state index contributed by atoms with van der Waals surface area (Å²) < 4.78 is 0. The van der Waals surface area contributed by atoms with E-state index in [1.165, 1.54) is 6.33 Å². The quantitative estimate of drug-likeness (QED) is 0.884. The van der Waals surface area contributed by atoms with Crippen molar-refractivity contribution in [2.75, 3.05) is 6.54 Å². The number of nitrogens with one attached hydrogen (secondary N) is 1. The number of hydrogen-bond donors (Lipinski definition) is 1. The molecule has 0 radical (unpaired) electrons. The Bertz CT molecular complexity index is 501. The first-order valence-corrected chi connectivity index (χ1v) is 6.03. The molecule has 0 aliphatic rings. The second-order valence-electron chi connectivity index (χ2n) is 4.07. The third-order valence-electron chi connectivity index (χ3n) is 2.78. The van der Waals surface area contributed by atoms with E-state index in [4.69, 9.17) is 0 Å². The standard InChI is InChI=1S/C13H17N5/c1-4-14-7-11-9(2)17-13(18-10(11)3)12-5-6-15-8-16-12/h5-6,8,14H,4,7H2,1-3H3. The molecule has 0 atom stereocenters. The van der Waals surface area contributed by atoms with Crippen LogP contribution >= 0.6 is 0 Å². The van der Waals surface area contributed by atoms with Gasteiger partial charge in [-0.15, -0.1) is 0 Å². The van der Waals surface area contributed by atoms with Crippen LogP contribution in [0, 0.1) is 13.8 Å². The molecule has 0 unspecified atom stereocenters. The minimum absolute atomic E-state index is 0.660. The smallest absolute Gasteiger partial charge is 0.178 e. The van der Waals surface area contributed by atoms with Gasteiger partial charge in [0.1, 0.15) is 12.0 Å². The number of aryl methyl sites for hydroxylation is 2. The maximum Gasteiger partial charge on any atom is 0.178 e. The maximum absolute atomic E-state index is 4.52. The molecule has 0 bridgehead atoms. The summed E-state index contributed by atoms with van der Waals surface area (Å²) in [5.41, 5.74) is 3.91. The summed E-state index contributed by atoms with van der Waals surface area (Å²) in [4.78, 5) is 17.1. The van der Waals surface area contributed by atoms with E-state index >= 15 is 0 Å². The fourth-order valence-electron chi connectivity index (χ4n) is 1.78. The molecule has 0 aliphatic heterocycles. The highest BCUT2D eigenvalue weighted by molar-refractivity contribution is 5.49. The fourth-order valence-corrected chi connectivity index (χ4v) is 1.78. The molecule has 0 fully saturated rings. The van der Waals surface area contributed by atoms with Crippen LogP contribution in [0.15, 0.2) is 18.6 Å². The molecule has 2 rings (SSSR count). The minimum atomic E-state index is 0.660. The maximum atomic E-state index is 4.52. The van der Waals surface area contributed by atoms with Gasteiger partial charge in [0.15, 0.2) is 5.82 Å². The SMILES string of the molecule is CCNCc1c(C)nc(-c2ccncn2)nc1C. The molecule has 0 saturated heterocycles. The zero-order valence-electron chi connectivity index (χ0n) is 10.9. The zero-order valence-corrected chi connectivity index (χ0v) is 10.9. The Hall–Kier alpha value is -1.88. The van der Waals surface area contributed by atoms with Crippen LogP contribution in [0.2, 0.25) is 0 Å². The van der Waals surface area contributed by atoms with Gasteiger partial charge in [-0.05, 0) is 26.5 Å². The summed E-state index contributed by atoms with van der Waals surface area (Å²) in [7, 11) is 0. The first-order valence-electron chi connectivity index (χ1n) is 6.03. The van der Waals surface area contributed by atoms with Gasteiger partial charge in [0, 0.05) is 29.7 Å². The molecule has 5 heteroatoms. The van der Waals surface area contributed by atoms with Crippen molar-refractivity contribution in [3.05, 3.63) is 35.5 Å². The van der Waals surface area contributed by atoms with Crippen molar-refractivity contribution < 1.29 is 0 Å². The highest BCUT2D eigenvalue weighted by atomic mass is 15.0. The highest BCUT2D eigenvalue weighted by Gasteiger charge is 2.10. The van der Waals surface area contributed by atoms with Crippen LogP contribution in [0.5, 0.6) is 0 Å². The largest absolute Gasteiger partial charge is 0.313 e. The van der Waals surface area contributed by atoms with E-state index in [1.807, 2.05) is 19.9 Å². The summed E-state index contributed by atoms with van der Waals surface area (Å²) >= 11 is 0. The molecule has 2 aromatic rings. The van der Waals surface area contributed by atoms with Gasteiger partial charge in [0.25, 0.3) is 0 Å². The van der Waals surface area contributed by atoms with Crippen LogP contribution in [-0.4, -0.2) is 26.5 Å². The molecule has 0 aliphatic carbocycles. The molecular weight excluding hydrogens is 226 g/mol. The van der Waals surface area contributed by atoms with Crippen LogP contribution in [0.25, 0.3) is 11.5 Å². The first-order chi connectivity index (χ1) is 8.72. The molecule has 94 valence electrons. The average molecular weight is 243 g/mol. The summed E-state index contributed by atoms with van der Waals surface area (Å²) in [5, 5.41) is 3.30. The summed E-state index contributed by atoms with van der Waals surface area (Å²) in [6.07, 6.45) is 3.21. The van der Waals surface area contributed by atoms with E-state index in [9.17, 15) is 0 Å². The van der Waals surface area contributed by atoms with E-state index < -0.39 is 0 Å². The highest BCUT2D eigenvalue weighted by Crippen LogP contribution is 2.16. The van der Waals surface area contributed by atoms with Crippen LogP contribution in [-0.2, 0) is 6.54 Å². The van der Waals surface area contributed by atoms with E-state index in [0.717, 1.165) is 35.7 Å². The minimum Gasteiger partial charge on any atom is -0.313 e. The Morgan fingerprint density at radius 3 is 2.44 bits per heavy atom. The van der Waals surface area contributed by atoms with E-state index in [0.29, 0.717) is 5.82 Å². The second-order valence-corrected chi connectivity index (χ2v) is 4.07. The zero-order chi connectivity index (χ0) is 13.0. The van der Waals surface area contributed by atoms with E-state index in [2.05, 4.69) is 32.2 Å². The first kappa shape index (κ1) is 12.6. The molecule has 0 amide bonds. The van der Waals surface area contributed by atoms with Crippen LogP contribution in [0.4, 0.5) is 0 Å².